The lowest BCUT2D eigenvalue weighted by atomic mass is 9.68. The molecule has 0 heterocycles. The standard InChI is InChI=1S/C20H32/c1-5-6-8-16-9-7-10-18(15-16)17-11-13-19(14-12-17)20(2,3)4/h7,9-10,15,17,19H,5-6,8,11-14H2,1-4H3. The van der Waals surface area contributed by atoms with Crippen molar-refractivity contribution in [3.8, 4) is 0 Å². The van der Waals surface area contributed by atoms with Crippen LogP contribution in [0.15, 0.2) is 24.3 Å². The first-order valence-electron chi connectivity index (χ1n) is 8.59. The summed E-state index contributed by atoms with van der Waals surface area (Å²) >= 11 is 0. The largest absolute Gasteiger partial charge is 0.0654 e. The normalized spacial score (nSPS) is 23.8. The second-order valence-electron chi connectivity index (χ2n) is 7.76. The lowest BCUT2D eigenvalue weighted by Gasteiger charge is -2.37. The Morgan fingerprint density at radius 1 is 1.05 bits per heavy atom. The number of aryl methyl sites for hydroxylation is 1. The maximum absolute atomic E-state index is 2.48. The minimum absolute atomic E-state index is 0.494. The van der Waals surface area contributed by atoms with Gasteiger partial charge in [0.1, 0.15) is 0 Å². The topological polar surface area (TPSA) is 0 Å². The van der Waals surface area contributed by atoms with Crippen molar-refractivity contribution in [2.24, 2.45) is 11.3 Å². The molecule has 1 saturated carbocycles. The van der Waals surface area contributed by atoms with E-state index in [4.69, 9.17) is 0 Å². The first kappa shape index (κ1) is 15.6. The van der Waals surface area contributed by atoms with Crippen molar-refractivity contribution >= 4 is 0 Å². The molecule has 0 unspecified atom stereocenters. The Morgan fingerprint density at radius 3 is 2.35 bits per heavy atom. The Morgan fingerprint density at radius 2 is 1.75 bits per heavy atom. The van der Waals surface area contributed by atoms with E-state index >= 15 is 0 Å². The maximum atomic E-state index is 2.48. The summed E-state index contributed by atoms with van der Waals surface area (Å²) in [5, 5.41) is 0. The van der Waals surface area contributed by atoms with Crippen LogP contribution in [0.3, 0.4) is 0 Å². The van der Waals surface area contributed by atoms with E-state index < -0.39 is 0 Å². The lowest BCUT2D eigenvalue weighted by Crippen LogP contribution is -2.25. The van der Waals surface area contributed by atoms with Crippen LogP contribution in [0.25, 0.3) is 0 Å². The maximum Gasteiger partial charge on any atom is -0.0162 e. The van der Waals surface area contributed by atoms with Gasteiger partial charge in [0.05, 0.1) is 0 Å². The van der Waals surface area contributed by atoms with Crippen molar-refractivity contribution < 1.29 is 0 Å². The van der Waals surface area contributed by atoms with Crippen LogP contribution in [0.5, 0.6) is 0 Å². The molecule has 0 aromatic heterocycles. The summed E-state index contributed by atoms with van der Waals surface area (Å²) < 4.78 is 0. The van der Waals surface area contributed by atoms with Gasteiger partial charge < -0.3 is 0 Å². The van der Waals surface area contributed by atoms with Crippen LogP contribution in [-0.2, 0) is 6.42 Å². The van der Waals surface area contributed by atoms with Crippen LogP contribution < -0.4 is 0 Å². The molecule has 1 aromatic rings. The van der Waals surface area contributed by atoms with Crippen LogP contribution in [0, 0.1) is 11.3 Å². The fourth-order valence-corrected chi connectivity index (χ4v) is 3.68. The Labute approximate surface area is 126 Å². The van der Waals surface area contributed by atoms with Gasteiger partial charge in [-0.25, -0.2) is 0 Å². The van der Waals surface area contributed by atoms with E-state index in [0.29, 0.717) is 5.41 Å². The van der Waals surface area contributed by atoms with Crippen molar-refractivity contribution in [2.75, 3.05) is 0 Å². The average Bonchev–Trinajstić information content (AvgIpc) is 2.45. The van der Waals surface area contributed by atoms with Crippen LogP contribution in [0.1, 0.15) is 83.3 Å². The van der Waals surface area contributed by atoms with Gasteiger partial charge in [-0.3, -0.25) is 0 Å². The fourth-order valence-electron chi connectivity index (χ4n) is 3.68. The predicted molar refractivity (Wildman–Crippen MR) is 89.2 cm³/mol. The number of benzene rings is 1. The zero-order valence-corrected chi connectivity index (χ0v) is 13.9. The third-order valence-corrected chi connectivity index (χ3v) is 5.19. The van der Waals surface area contributed by atoms with Gasteiger partial charge in [-0.2, -0.15) is 0 Å². The van der Waals surface area contributed by atoms with E-state index in [-0.39, 0.29) is 0 Å². The quantitative estimate of drug-likeness (QED) is 0.599. The van der Waals surface area contributed by atoms with Crippen molar-refractivity contribution in [3.63, 3.8) is 0 Å². The minimum Gasteiger partial charge on any atom is -0.0654 e. The van der Waals surface area contributed by atoms with Gasteiger partial charge >= 0.3 is 0 Å². The monoisotopic (exact) mass is 272 g/mol. The third-order valence-electron chi connectivity index (χ3n) is 5.19. The summed E-state index contributed by atoms with van der Waals surface area (Å²) in [6.07, 6.45) is 9.46. The summed E-state index contributed by atoms with van der Waals surface area (Å²) in [5.41, 5.74) is 3.64. The SMILES string of the molecule is CCCCc1cccc(C2CCC(C(C)(C)C)CC2)c1. The van der Waals surface area contributed by atoms with E-state index in [1.165, 1.54) is 44.9 Å². The molecule has 0 spiro atoms. The first-order chi connectivity index (χ1) is 9.50. The van der Waals surface area contributed by atoms with Gasteiger partial charge in [0, 0.05) is 0 Å². The van der Waals surface area contributed by atoms with Gasteiger partial charge in [0.2, 0.25) is 0 Å². The number of unbranched alkanes of at least 4 members (excludes halogenated alkanes) is 1. The summed E-state index contributed by atoms with van der Waals surface area (Å²) in [5.74, 6) is 1.73. The summed E-state index contributed by atoms with van der Waals surface area (Å²) in [6, 6.07) is 9.42. The number of rotatable bonds is 4. The molecule has 1 aliphatic rings. The van der Waals surface area contributed by atoms with Crippen LogP contribution >= 0.6 is 0 Å². The van der Waals surface area contributed by atoms with E-state index in [0.717, 1.165) is 11.8 Å². The molecule has 20 heavy (non-hydrogen) atoms. The van der Waals surface area contributed by atoms with Gasteiger partial charge in [0.25, 0.3) is 0 Å². The second-order valence-corrected chi connectivity index (χ2v) is 7.76. The van der Waals surface area contributed by atoms with E-state index in [9.17, 15) is 0 Å². The van der Waals surface area contributed by atoms with Crippen molar-refractivity contribution in [1.82, 2.24) is 0 Å². The molecule has 0 radical (unpaired) electrons. The Hall–Kier alpha value is -0.780. The molecule has 0 saturated heterocycles. The smallest absolute Gasteiger partial charge is 0.0162 e. The van der Waals surface area contributed by atoms with Crippen molar-refractivity contribution in [1.29, 1.82) is 0 Å². The highest BCUT2D eigenvalue weighted by molar-refractivity contribution is 5.27. The molecule has 1 fully saturated rings. The molecule has 0 bridgehead atoms. The Balaban J connectivity index is 1.96. The predicted octanol–water partition coefficient (Wildman–Crippen LogP) is 6.35. The first-order valence-corrected chi connectivity index (χ1v) is 8.59. The molecule has 1 aromatic carbocycles. The Kier molecular flexibility index (Phi) is 5.29. The van der Waals surface area contributed by atoms with Crippen LogP contribution in [0.4, 0.5) is 0 Å². The van der Waals surface area contributed by atoms with Gasteiger partial charge in [-0.15, -0.1) is 0 Å². The highest BCUT2D eigenvalue weighted by Crippen LogP contribution is 2.43. The van der Waals surface area contributed by atoms with Crippen LogP contribution in [0.2, 0.25) is 0 Å². The van der Waals surface area contributed by atoms with Crippen LogP contribution in [-0.4, -0.2) is 0 Å². The fraction of sp³-hybridized carbons (Fsp3) is 0.700. The highest BCUT2D eigenvalue weighted by Gasteiger charge is 2.30. The van der Waals surface area contributed by atoms with Gasteiger partial charge in [-0.05, 0) is 66.9 Å². The van der Waals surface area contributed by atoms with Crippen molar-refractivity contribution in [2.45, 2.75) is 78.6 Å². The molecular weight excluding hydrogens is 240 g/mol. The van der Waals surface area contributed by atoms with E-state index in [1.807, 2.05) is 0 Å². The average molecular weight is 272 g/mol. The van der Waals surface area contributed by atoms with Gasteiger partial charge in [-0.1, -0.05) is 58.4 Å². The number of hydrogen-bond donors (Lipinski definition) is 0. The van der Waals surface area contributed by atoms with Crippen molar-refractivity contribution in [3.05, 3.63) is 35.4 Å². The molecule has 0 atom stereocenters. The molecule has 0 amide bonds. The minimum atomic E-state index is 0.494. The highest BCUT2D eigenvalue weighted by atomic mass is 14.3. The molecule has 2 rings (SSSR count). The summed E-state index contributed by atoms with van der Waals surface area (Å²) in [7, 11) is 0. The van der Waals surface area contributed by atoms with E-state index in [2.05, 4.69) is 52.0 Å². The lowest BCUT2D eigenvalue weighted by molar-refractivity contribution is 0.169. The van der Waals surface area contributed by atoms with E-state index in [1.54, 1.807) is 11.1 Å². The number of hydrogen-bond acceptors (Lipinski definition) is 0. The molecule has 0 N–H and O–H groups in total. The third kappa shape index (κ3) is 4.11. The molecule has 1 aliphatic carbocycles. The summed E-state index contributed by atoms with van der Waals surface area (Å²) in [6.45, 7) is 9.49. The zero-order chi connectivity index (χ0) is 14.6. The Bertz CT molecular complexity index is 402. The molecule has 112 valence electrons. The molecular formula is C20H32. The summed E-state index contributed by atoms with van der Waals surface area (Å²) in [4.78, 5) is 0. The molecule has 0 aliphatic heterocycles. The molecule has 0 nitrogen and oxygen atoms in total. The molecule has 0 heteroatoms. The zero-order valence-electron chi connectivity index (χ0n) is 13.9. The van der Waals surface area contributed by atoms with Gasteiger partial charge in [0.15, 0.2) is 0 Å². The second kappa shape index (κ2) is 6.78.